The number of hydrogen-bond acceptors (Lipinski definition) is 9. The largest absolute Gasteiger partial charge is 0.451 e. The van der Waals surface area contributed by atoms with Crippen molar-refractivity contribution in [2.45, 2.75) is 28.6 Å². The molecule has 1 aromatic heterocycles. The molecule has 0 aliphatic heterocycles. The number of nitrogens with one attached hydrogen (secondary N) is 1. The molecule has 3 rings (SSSR count). The van der Waals surface area contributed by atoms with Gasteiger partial charge in [0.25, 0.3) is 21.3 Å². The van der Waals surface area contributed by atoms with Gasteiger partial charge in [-0.3, -0.25) is 23.4 Å². The lowest BCUT2D eigenvalue weighted by Crippen LogP contribution is -2.43. The molecule has 0 radical (unpaired) electrons. The molecule has 0 spiro atoms. The van der Waals surface area contributed by atoms with E-state index in [-0.39, 0.29) is 21.0 Å². The summed E-state index contributed by atoms with van der Waals surface area (Å²) in [6.45, 7) is 1.20. The number of anilines is 2. The Kier molecular flexibility index (Phi) is 8.41. The van der Waals surface area contributed by atoms with Gasteiger partial charge >= 0.3 is 11.7 Å². The van der Waals surface area contributed by atoms with Gasteiger partial charge in [0.15, 0.2) is 6.10 Å². The Morgan fingerprint density at radius 2 is 1.68 bits per heavy atom. The van der Waals surface area contributed by atoms with Crippen LogP contribution in [0.5, 0.6) is 0 Å². The molecule has 3 N–H and O–H groups in total. The van der Waals surface area contributed by atoms with Crippen molar-refractivity contribution < 1.29 is 31.5 Å². The van der Waals surface area contributed by atoms with E-state index in [1.807, 2.05) is 0 Å². The number of benzene rings is 2. The number of hydrogen-bond donors (Lipinski definition) is 2. The fourth-order valence-corrected chi connectivity index (χ4v) is 4.89. The molecule has 38 heavy (non-hydrogen) atoms. The van der Waals surface area contributed by atoms with E-state index in [4.69, 9.17) is 10.5 Å². The summed E-state index contributed by atoms with van der Waals surface area (Å²) in [5, 5.41) is 0. The molecule has 11 nitrogen and oxygen atoms in total. The maximum atomic E-state index is 12.8. The number of Topliss-reactive ketones (excluding diaryl/α,β-unsaturated/α-hetero) is 1. The minimum Gasteiger partial charge on any atom is -0.451 e. The van der Waals surface area contributed by atoms with Crippen molar-refractivity contribution in [2.75, 3.05) is 10.5 Å². The van der Waals surface area contributed by atoms with E-state index in [0.717, 1.165) is 17.7 Å². The first-order valence-electron chi connectivity index (χ1n) is 10.7. The minimum absolute atomic E-state index is 0.104. The second kappa shape index (κ2) is 11.2. The highest BCUT2D eigenvalue weighted by Gasteiger charge is 2.28. The summed E-state index contributed by atoms with van der Waals surface area (Å²) in [6, 6.07) is 10.0. The number of aromatic nitrogens is 2. The van der Waals surface area contributed by atoms with Gasteiger partial charge in [-0.05, 0) is 49.4 Å². The van der Waals surface area contributed by atoms with Crippen LogP contribution in [0.3, 0.4) is 0 Å². The van der Waals surface area contributed by atoms with Gasteiger partial charge in [0, 0.05) is 24.7 Å². The number of esters is 1. The molecule has 202 valence electrons. The summed E-state index contributed by atoms with van der Waals surface area (Å²) in [6.07, 6.45) is -1.50. The van der Waals surface area contributed by atoms with Crippen LogP contribution in [0.4, 0.5) is 20.3 Å². The lowest BCUT2D eigenvalue weighted by Gasteiger charge is -2.15. The number of halogens is 2. The van der Waals surface area contributed by atoms with Crippen LogP contribution in [0.2, 0.25) is 0 Å². The number of rotatable bonds is 9. The number of nitrogens with zero attached hydrogens (tertiary/aromatic N) is 2. The van der Waals surface area contributed by atoms with Crippen LogP contribution in [0, 0.1) is 0 Å². The molecule has 2 aromatic carbocycles. The number of ketones is 1. The van der Waals surface area contributed by atoms with Gasteiger partial charge in [-0.25, -0.2) is 18.0 Å². The van der Waals surface area contributed by atoms with Crippen LogP contribution in [0.25, 0.3) is 0 Å². The van der Waals surface area contributed by atoms with Crippen molar-refractivity contribution in [3.8, 4) is 0 Å². The molecule has 0 saturated carbocycles. The molecule has 15 heteroatoms. The number of thioether (sulfide) groups is 1. The molecule has 3 aromatic rings. The summed E-state index contributed by atoms with van der Waals surface area (Å²) in [7, 11) is -1.76. The van der Waals surface area contributed by atoms with Crippen molar-refractivity contribution in [2.24, 2.45) is 14.1 Å². The average molecular weight is 569 g/mol. The van der Waals surface area contributed by atoms with E-state index in [2.05, 4.69) is 4.72 Å². The van der Waals surface area contributed by atoms with E-state index < -0.39 is 56.3 Å². The molecular weight excluding hydrogens is 546 g/mol. The zero-order chi connectivity index (χ0) is 28.4. The van der Waals surface area contributed by atoms with E-state index in [9.17, 15) is 36.4 Å². The first-order valence-corrected chi connectivity index (χ1v) is 13.1. The lowest BCUT2D eigenvalue weighted by atomic mass is 10.1. The summed E-state index contributed by atoms with van der Waals surface area (Å²) in [5.74, 6) is -5.03. The van der Waals surface area contributed by atoms with Gasteiger partial charge in [-0.1, -0.05) is 17.8 Å². The predicted octanol–water partition coefficient (Wildman–Crippen LogP) is 2.21. The Morgan fingerprint density at radius 3 is 2.29 bits per heavy atom. The minimum atomic E-state index is -4.19. The summed E-state index contributed by atoms with van der Waals surface area (Å²) < 4.78 is 59.5. The summed E-state index contributed by atoms with van der Waals surface area (Å²) in [4.78, 5) is 49.9. The van der Waals surface area contributed by atoms with Crippen LogP contribution in [0.1, 0.15) is 27.6 Å². The first kappa shape index (κ1) is 28.6. The molecule has 0 amide bonds. The quantitative estimate of drug-likeness (QED) is 0.224. The average Bonchev–Trinajstić information content (AvgIpc) is 2.87. The highest BCUT2D eigenvalue weighted by molar-refractivity contribution is 7.99. The van der Waals surface area contributed by atoms with Gasteiger partial charge in [0.05, 0.1) is 10.5 Å². The highest BCUT2D eigenvalue weighted by Crippen LogP contribution is 2.27. The van der Waals surface area contributed by atoms with Gasteiger partial charge in [-0.2, -0.15) is 8.78 Å². The summed E-state index contributed by atoms with van der Waals surface area (Å²) in [5.41, 5.74) is 3.43. The van der Waals surface area contributed by atoms with Gasteiger partial charge in [0.2, 0.25) is 5.78 Å². The lowest BCUT2D eigenvalue weighted by molar-refractivity contribution is 0.0318. The van der Waals surface area contributed by atoms with Crippen molar-refractivity contribution >= 4 is 45.0 Å². The number of nitrogen functional groups attached to an aromatic ring is 1. The second-order valence-electron chi connectivity index (χ2n) is 7.91. The molecular formula is C23H22F2N4O7S2. The van der Waals surface area contributed by atoms with Crippen molar-refractivity contribution in [3.05, 3.63) is 80.5 Å². The molecule has 0 aliphatic carbocycles. The molecule has 0 saturated heterocycles. The van der Waals surface area contributed by atoms with E-state index in [1.54, 1.807) is 0 Å². The number of nitrogens with two attached hydrogens (primary N) is 1. The molecule has 1 heterocycles. The van der Waals surface area contributed by atoms with E-state index in [1.165, 1.54) is 56.4 Å². The number of ether oxygens (including phenoxy) is 1. The molecule has 1 atom stereocenters. The Balaban J connectivity index is 1.79. The number of carbonyl (C=O) groups excluding carboxylic acids is 2. The number of sulfonamides is 1. The molecule has 0 fully saturated rings. The van der Waals surface area contributed by atoms with Crippen LogP contribution in [-0.2, 0) is 28.9 Å². The normalized spacial score (nSPS) is 12.3. The van der Waals surface area contributed by atoms with Crippen molar-refractivity contribution in [1.29, 1.82) is 0 Å². The van der Waals surface area contributed by atoms with Gasteiger partial charge in [-0.15, -0.1) is 0 Å². The maximum absolute atomic E-state index is 12.8. The zero-order valence-corrected chi connectivity index (χ0v) is 21.8. The third-order valence-corrected chi connectivity index (χ3v) is 7.42. The van der Waals surface area contributed by atoms with Gasteiger partial charge in [0.1, 0.15) is 11.4 Å². The predicted molar refractivity (Wildman–Crippen MR) is 136 cm³/mol. The van der Waals surface area contributed by atoms with E-state index in [0.29, 0.717) is 16.3 Å². The van der Waals surface area contributed by atoms with Crippen molar-refractivity contribution in [1.82, 2.24) is 9.13 Å². The Morgan fingerprint density at radius 1 is 1.05 bits per heavy atom. The van der Waals surface area contributed by atoms with Crippen LogP contribution in [0.15, 0.2) is 67.9 Å². The third kappa shape index (κ3) is 6.11. The van der Waals surface area contributed by atoms with Gasteiger partial charge < -0.3 is 10.5 Å². The monoisotopic (exact) mass is 568 g/mol. The summed E-state index contributed by atoms with van der Waals surface area (Å²) >= 11 is 0.309. The number of carbonyl (C=O) groups is 2. The molecule has 0 bridgehead atoms. The van der Waals surface area contributed by atoms with Crippen LogP contribution in [-0.4, -0.2) is 41.2 Å². The zero-order valence-electron chi connectivity index (χ0n) is 20.2. The number of alkyl halides is 2. The van der Waals surface area contributed by atoms with Crippen LogP contribution < -0.4 is 21.7 Å². The third-order valence-electron chi connectivity index (χ3n) is 5.32. The molecule has 0 aliphatic rings. The van der Waals surface area contributed by atoms with Crippen LogP contribution >= 0.6 is 11.8 Å². The topological polar surface area (TPSA) is 160 Å². The SMILES string of the molecule is CC(OC(=O)c1cccc(S(=O)(=O)Nc2ccc(SC(F)F)cc2)c1)C(=O)c1c(N)n(C)c(=O)n(C)c1=O. The standard InChI is InChI=1S/C23H22F2N4O7S2/c1-12(18(30)17-19(26)28(2)23(33)29(3)20(17)31)36-21(32)13-5-4-6-16(11-13)38(34,35)27-14-7-9-15(10-8-14)37-22(24)25/h4-12,22,27H,26H2,1-3H3. The Labute approximate surface area is 219 Å². The van der Waals surface area contributed by atoms with E-state index >= 15 is 0 Å². The van der Waals surface area contributed by atoms with Crippen molar-refractivity contribution in [3.63, 3.8) is 0 Å². The smallest absolute Gasteiger partial charge is 0.338 e. The highest BCUT2D eigenvalue weighted by atomic mass is 32.2. The fraction of sp³-hybridized carbons (Fsp3) is 0.217. The maximum Gasteiger partial charge on any atom is 0.338 e. The Bertz CT molecular complexity index is 1620. The fourth-order valence-electron chi connectivity index (χ4n) is 3.29. The molecule has 1 unspecified atom stereocenters. The Hall–Kier alpha value is -3.98. The first-order chi connectivity index (χ1) is 17.7. The second-order valence-corrected chi connectivity index (χ2v) is 10.7.